The van der Waals surface area contributed by atoms with Crippen LogP contribution in [0.4, 0.5) is 13.2 Å². The molecule has 3 heterocycles. The third kappa shape index (κ3) is 6.33. The number of pyridine rings is 1. The van der Waals surface area contributed by atoms with Crippen LogP contribution in [-0.2, 0) is 37.3 Å². The smallest absolute Gasteiger partial charge is 0.475 e. The molecule has 3 aromatic rings. The number of halogens is 3. The fourth-order valence-electron chi connectivity index (χ4n) is 3.54. The summed E-state index contributed by atoms with van der Waals surface area (Å²) in [4.78, 5) is 21.2. The van der Waals surface area contributed by atoms with E-state index in [-0.39, 0.29) is 5.56 Å². The molecule has 1 unspecified atom stereocenters. The standard InChI is InChI=1S/C19H22N4O2.C2HF3O2/c24-19-7-4-15-13-16(20-14-17-3-1-12-25-17)5-6-18(15)23(19)11-10-22-9-2-8-21-22;3-2(4,5)1(6)7/h1-4,7-9,12,16,20H,5-6,10-11,13-14H2;(H,6,7). The van der Waals surface area contributed by atoms with E-state index in [0.717, 1.165) is 31.6 Å². The molecule has 4 rings (SSSR count). The summed E-state index contributed by atoms with van der Waals surface area (Å²) < 4.78 is 40.9. The van der Waals surface area contributed by atoms with Crippen LogP contribution in [0.25, 0.3) is 0 Å². The van der Waals surface area contributed by atoms with Crippen LogP contribution in [0.2, 0.25) is 0 Å². The van der Waals surface area contributed by atoms with Crippen LogP contribution in [0.3, 0.4) is 0 Å². The minimum absolute atomic E-state index is 0.0768. The molecule has 0 aromatic carbocycles. The quantitative estimate of drug-likeness (QED) is 0.596. The second-order valence-corrected chi connectivity index (χ2v) is 7.27. The predicted octanol–water partition coefficient (Wildman–Crippen LogP) is 2.62. The number of nitrogens with one attached hydrogen (secondary N) is 1. The summed E-state index contributed by atoms with van der Waals surface area (Å²) in [6.07, 6.45) is 3.19. The predicted molar refractivity (Wildman–Crippen MR) is 108 cm³/mol. The first-order chi connectivity index (χ1) is 15.2. The molecule has 8 nitrogen and oxygen atoms in total. The van der Waals surface area contributed by atoms with Gasteiger partial charge in [0.25, 0.3) is 5.56 Å². The first-order valence-electron chi connectivity index (χ1n) is 9.99. The summed E-state index contributed by atoms with van der Waals surface area (Å²) in [5.74, 6) is -1.80. The van der Waals surface area contributed by atoms with Crippen molar-refractivity contribution in [3.63, 3.8) is 0 Å². The Kier molecular flexibility index (Phi) is 7.52. The number of fused-ring (bicyclic) bond motifs is 1. The van der Waals surface area contributed by atoms with Crippen molar-refractivity contribution < 1.29 is 27.5 Å². The number of alkyl halides is 3. The van der Waals surface area contributed by atoms with Gasteiger partial charge in [-0.15, -0.1) is 0 Å². The largest absolute Gasteiger partial charge is 0.490 e. The van der Waals surface area contributed by atoms with Gasteiger partial charge in [0.15, 0.2) is 0 Å². The number of aryl methyl sites for hydroxylation is 1. The van der Waals surface area contributed by atoms with Gasteiger partial charge in [-0.3, -0.25) is 9.48 Å². The summed E-state index contributed by atoms with van der Waals surface area (Å²) in [6, 6.07) is 9.88. The topological polar surface area (TPSA) is 102 Å². The Hall–Kier alpha value is -3.34. The van der Waals surface area contributed by atoms with E-state index in [1.165, 1.54) is 11.3 Å². The Labute approximate surface area is 181 Å². The van der Waals surface area contributed by atoms with Gasteiger partial charge in [0.05, 0.1) is 19.4 Å². The lowest BCUT2D eigenvalue weighted by Crippen LogP contribution is -2.37. The minimum atomic E-state index is -5.08. The number of rotatable bonds is 6. The molecule has 11 heteroatoms. The van der Waals surface area contributed by atoms with Gasteiger partial charge in [0.2, 0.25) is 0 Å². The van der Waals surface area contributed by atoms with Crippen LogP contribution >= 0.6 is 0 Å². The van der Waals surface area contributed by atoms with Gasteiger partial charge >= 0.3 is 12.1 Å². The van der Waals surface area contributed by atoms with Crippen molar-refractivity contribution in [1.29, 1.82) is 0 Å². The molecule has 0 radical (unpaired) electrons. The first-order valence-corrected chi connectivity index (χ1v) is 9.99. The Morgan fingerprint density at radius 3 is 2.66 bits per heavy atom. The molecule has 0 amide bonds. The van der Waals surface area contributed by atoms with Crippen LogP contribution in [0.15, 0.2) is 58.2 Å². The first kappa shape index (κ1) is 23.3. The molecule has 0 fully saturated rings. The summed E-state index contributed by atoms with van der Waals surface area (Å²) in [6.45, 7) is 2.11. The molecule has 2 N–H and O–H groups in total. The Morgan fingerprint density at radius 1 is 1.25 bits per heavy atom. The molecular weight excluding hydrogens is 429 g/mol. The lowest BCUT2D eigenvalue weighted by atomic mass is 9.91. The van der Waals surface area contributed by atoms with E-state index in [0.29, 0.717) is 19.1 Å². The zero-order valence-electron chi connectivity index (χ0n) is 17.1. The zero-order valence-corrected chi connectivity index (χ0v) is 17.1. The molecule has 1 atom stereocenters. The molecular formula is C21H23F3N4O4. The van der Waals surface area contributed by atoms with Gasteiger partial charge in [0, 0.05) is 36.7 Å². The highest BCUT2D eigenvalue weighted by molar-refractivity contribution is 5.73. The number of carboxylic acids is 1. The molecule has 1 aliphatic carbocycles. The van der Waals surface area contributed by atoms with Gasteiger partial charge in [-0.2, -0.15) is 18.3 Å². The number of furan rings is 1. The second-order valence-electron chi connectivity index (χ2n) is 7.27. The van der Waals surface area contributed by atoms with Gasteiger partial charge in [0.1, 0.15) is 5.76 Å². The van der Waals surface area contributed by atoms with Gasteiger partial charge < -0.3 is 19.4 Å². The van der Waals surface area contributed by atoms with Crippen molar-refractivity contribution in [2.24, 2.45) is 0 Å². The Morgan fingerprint density at radius 2 is 2.03 bits per heavy atom. The van der Waals surface area contributed by atoms with Crippen LogP contribution in [0.1, 0.15) is 23.4 Å². The molecule has 0 saturated carbocycles. The third-order valence-electron chi connectivity index (χ3n) is 5.08. The number of hydrogen-bond donors (Lipinski definition) is 2. The number of nitrogens with zero attached hydrogens (tertiary/aromatic N) is 3. The van der Waals surface area contributed by atoms with E-state index < -0.39 is 12.1 Å². The normalized spacial score (nSPS) is 15.5. The number of carbonyl (C=O) groups is 1. The van der Waals surface area contributed by atoms with Crippen LogP contribution in [0.5, 0.6) is 0 Å². The van der Waals surface area contributed by atoms with E-state index >= 15 is 0 Å². The van der Waals surface area contributed by atoms with Crippen LogP contribution in [-0.4, -0.2) is 37.6 Å². The zero-order chi connectivity index (χ0) is 23.1. The lowest BCUT2D eigenvalue weighted by molar-refractivity contribution is -0.192. The molecule has 3 aromatic heterocycles. The van der Waals surface area contributed by atoms with Crippen molar-refractivity contribution in [2.45, 2.75) is 51.1 Å². The highest BCUT2D eigenvalue weighted by Gasteiger charge is 2.38. The molecule has 32 heavy (non-hydrogen) atoms. The molecule has 0 bridgehead atoms. The number of aliphatic carboxylic acids is 1. The third-order valence-corrected chi connectivity index (χ3v) is 5.08. The monoisotopic (exact) mass is 452 g/mol. The minimum Gasteiger partial charge on any atom is -0.475 e. The maximum Gasteiger partial charge on any atom is 0.490 e. The second kappa shape index (κ2) is 10.3. The highest BCUT2D eigenvalue weighted by atomic mass is 19.4. The van der Waals surface area contributed by atoms with Gasteiger partial charge in [-0.1, -0.05) is 6.07 Å². The summed E-state index contributed by atoms with van der Waals surface area (Å²) in [5.41, 5.74) is 2.52. The molecule has 0 spiro atoms. The number of hydrogen-bond acceptors (Lipinski definition) is 5. The average molecular weight is 452 g/mol. The van der Waals surface area contributed by atoms with Gasteiger partial charge in [-0.25, -0.2) is 4.79 Å². The summed E-state index contributed by atoms with van der Waals surface area (Å²) >= 11 is 0. The molecule has 0 saturated heterocycles. The maximum absolute atomic E-state index is 12.3. The Balaban J connectivity index is 0.000000360. The highest BCUT2D eigenvalue weighted by Crippen LogP contribution is 2.21. The van der Waals surface area contributed by atoms with Crippen molar-refractivity contribution in [3.8, 4) is 0 Å². The maximum atomic E-state index is 12.3. The van der Waals surface area contributed by atoms with Crippen molar-refractivity contribution in [2.75, 3.05) is 0 Å². The fourth-order valence-corrected chi connectivity index (χ4v) is 3.54. The summed E-state index contributed by atoms with van der Waals surface area (Å²) in [5, 5.41) is 14.9. The van der Waals surface area contributed by atoms with Crippen molar-refractivity contribution >= 4 is 5.97 Å². The van der Waals surface area contributed by atoms with Crippen LogP contribution < -0.4 is 10.9 Å². The molecule has 172 valence electrons. The van der Waals surface area contributed by atoms with E-state index in [1.807, 2.05) is 39.7 Å². The van der Waals surface area contributed by atoms with E-state index in [2.05, 4.69) is 10.4 Å². The molecule has 0 aliphatic heterocycles. The van der Waals surface area contributed by atoms with Crippen LogP contribution in [0, 0.1) is 0 Å². The molecule has 1 aliphatic rings. The van der Waals surface area contributed by atoms with Gasteiger partial charge in [-0.05, 0) is 43.0 Å². The van der Waals surface area contributed by atoms with E-state index in [4.69, 9.17) is 14.3 Å². The van der Waals surface area contributed by atoms with Crippen molar-refractivity contribution in [3.05, 3.63) is 76.4 Å². The van der Waals surface area contributed by atoms with E-state index in [9.17, 15) is 18.0 Å². The van der Waals surface area contributed by atoms with Crippen molar-refractivity contribution in [1.82, 2.24) is 19.7 Å². The average Bonchev–Trinajstić information content (AvgIpc) is 3.45. The fraction of sp³-hybridized carbons (Fsp3) is 0.381. The Bertz CT molecular complexity index is 1060. The number of carboxylic acid groups (broad SMARTS) is 1. The van der Waals surface area contributed by atoms with E-state index in [1.54, 1.807) is 18.5 Å². The lowest BCUT2D eigenvalue weighted by Gasteiger charge is -2.27. The SMILES string of the molecule is O=C(O)C(F)(F)F.O=c1ccc2c(n1CCn1cccn1)CCC(NCc1ccco1)C2. The summed E-state index contributed by atoms with van der Waals surface area (Å²) in [7, 11) is 0. The number of aromatic nitrogens is 3.